The van der Waals surface area contributed by atoms with Crippen LogP contribution in [0.25, 0.3) is 10.9 Å². The van der Waals surface area contributed by atoms with Crippen LogP contribution in [0.1, 0.15) is 12.0 Å². The fraction of sp³-hybridized carbons (Fsp3) is 0.357. The van der Waals surface area contributed by atoms with Crippen molar-refractivity contribution >= 4 is 26.8 Å². The van der Waals surface area contributed by atoms with Gasteiger partial charge in [-0.1, -0.05) is 15.9 Å². The quantitative estimate of drug-likeness (QED) is 0.895. The molecule has 2 heterocycles. The van der Waals surface area contributed by atoms with Crippen molar-refractivity contribution in [2.45, 2.75) is 12.8 Å². The van der Waals surface area contributed by atoms with Crippen molar-refractivity contribution in [1.29, 1.82) is 0 Å². The van der Waals surface area contributed by atoms with E-state index in [-0.39, 0.29) is 5.56 Å². The van der Waals surface area contributed by atoms with Gasteiger partial charge in [-0.25, -0.2) is 0 Å². The minimum atomic E-state index is 0.0525. The average Bonchev–Trinajstić information content (AvgIpc) is 2.83. The van der Waals surface area contributed by atoms with E-state index >= 15 is 0 Å². The van der Waals surface area contributed by atoms with Crippen molar-refractivity contribution in [3.8, 4) is 0 Å². The van der Waals surface area contributed by atoms with E-state index in [1.54, 1.807) is 0 Å². The van der Waals surface area contributed by atoms with Crippen LogP contribution in [0.2, 0.25) is 0 Å². The predicted octanol–water partition coefficient (Wildman–Crippen LogP) is 2.44. The van der Waals surface area contributed by atoms with Crippen molar-refractivity contribution in [3.05, 3.63) is 44.7 Å². The van der Waals surface area contributed by atoms with Gasteiger partial charge >= 0.3 is 0 Å². The normalized spacial score (nSPS) is 19.5. The van der Waals surface area contributed by atoms with Gasteiger partial charge in [0.05, 0.1) is 0 Å². The van der Waals surface area contributed by atoms with E-state index in [1.807, 2.05) is 24.3 Å². The van der Waals surface area contributed by atoms with E-state index in [4.69, 9.17) is 0 Å². The molecule has 1 aliphatic rings. The first kappa shape index (κ1) is 11.9. The molecule has 1 aromatic heterocycles. The van der Waals surface area contributed by atoms with Gasteiger partial charge in [0.25, 0.3) is 5.56 Å². The summed E-state index contributed by atoms with van der Waals surface area (Å²) in [5, 5.41) is 4.43. The molecule has 1 aliphatic heterocycles. The molecule has 0 saturated carbocycles. The highest BCUT2D eigenvalue weighted by atomic mass is 79.9. The SMILES string of the molecule is O=c1[nH]c2ccc(Br)cc2cc1CC1CCNC1. The molecule has 0 amide bonds. The van der Waals surface area contributed by atoms with Crippen LogP contribution in [-0.2, 0) is 6.42 Å². The molecule has 1 aromatic carbocycles. The number of aromatic nitrogens is 1. The first-order chi connectivity index (χ1) is 8.72. The molecule has 0 bridgehead atoms. The second-order valence-electron chi connectivity index (χ2n) is 4.92. The van der Waals surface area contributed by atoms with E-state index in [9.17, 15) is 4.79 Å². The number of rotatable bonds is 2. The molecule has 1 saturated heterocycles. The van der Waals surface area contributed by atoms with Gasteiger partial charge < -0.3 is 10.3 Å². The molecule has 2 aromatic rings. The van der Waals surface area contributed by atoms with Crippen molar-refractivity contribution in [1.82, 2.24) is 10.3 Å². The second-order valence-corrected chi connectivity index (χ2v) is 5.83. The molecule has 2 N–H and O–H groups in total. The number of benzene rings is 1. The van der Waals surface area contributed by atoms with Gasteiger partial charge in [0, 0.05) is 15.6 Å². The number of aromatic amines is 1. The van der Waals surface area contributed by atoms with Gasteiger partial charge in [0.1, 0.15) is 0 Å². The van der Waals surface area contributed by atoms with Crippen LogP contribution in [0.4, 0.5) is 0 Å². The zero-order chi connectivity index (χ0) is 12.5. The molecule has 0 aliphatic carbocycles. The molecule has 0 spiro atoms. The van der Waals surface area contributed by atoms with E-state index in [0.29, 0.717) is 5.92 Å². The Morgan fingerprint density at radius 2 is 2.22 bits per heavy atom. The van der Waals surface area contributed by atoms with E-state index in [1.165, 1.54) is 0 Å². The highest BCUT2D eigenvalue weighted by Gasteiger charge is 2.16. The summed E-state index contributed by atoms with van der Waals surface area (Å²) in [5.41, 5.74) is 1.85. The Kier molecular flexibility index (Phi) is 3.22. The third-order valence-corrected chi connectivity index (χ3v) is 4.05. The number of H-pyrrole nitrogens is 1. The Hall–Kier alpha value is -1.13. The zero-order valence-corrected chi connectivity index (χ0v) is 11.6. The van der Waals surface area contributed by atoms with Crippen LogP contribution in [0.3, 0.4) is 0 Å². The van der Waals surface area contributed by atoms with Crippen LogP contribution in [0.5, 0.6) is 0 Å². The number of halogens is 1. The van der Waals surface area contributed by atoms with E-state index in [2.05, 4.69) is 26.2 Å². The third kappa shape index (κ3) is 2.35. The Labute approximate surface area is 114 Å². The number of nitrogens with one attached hydrogen (secondary N) is 2. The number of hydrogen-bond acceptors (Lipinski definition) is 2. The summed E-state index contributed by atoms with van der Waals surface area (Å²) in [6.45, 7) is 2.09. The minimum Gasteiger partial charge on any atom is -0.322 e. The molecule has 1 atom stereocenters. The van der Waals surface area contributed by atoms with E-state index < -0.39 is 0 Å². The molecule has 1 fully saturated rings. The maximum absolute atomic E-state index is 12.0. The summed E-state index contributed by atoms with van der Waals surface area (Å²) in [6, 6.07) is 7.94. The Balaban J connectivity index is 2.00. The topological polar surface area (TPSA) is 44.9 Å². The summed E-state index contributed by atoms with van der Waals surface area (Å²) in [4.78, 5) is 15.0. The fourth-order valence-corrected chi connectivity index (χ4v) is 2.95. The van der Waals surface area contributed by atoms with E-state index in [0.717, 1.165) is 46.9 Å². The van der Waals surface area contributed by atoms with Gasteiger partial charge in [-0.2, -0.15) is 0 Å². The van der Waals surface area contributed by atoms with Crippen molar-refractivity contribution in [2.24, 2.45) is 5.92 Å². The van der Waals surface area contributed by atoms with Crippen molar-refractivity contribution in [2.75, 3.05) is 13.1 Å². The Morgan fingerprint density at radius 1 is 1.33 bits per heavy atom. The Morgan fingerprint density at radius 3 is 3.00 bits per heavy atom. The first-order valence-corrected chi connectivity index (χ1v) is 7.04. The van der Waals surface area contributed by atoms with Gasteiger partial charge in [0.2, 0.25) is 0 Å². The van der Waals surface area contributed by atoms with Gasteiger partial charge in [0.15, 0.2) is 0 Å². The van der Waals surface area contributed by atoms with Crippen LogP contribution in [0, 0.1) is 5.92 Å². The standard InChI is InChI=1S/C14H15BrN2O/c15-12-1-2-13-10(7-12)6-11(14(18)17-13)5-9-3-4-16-8-9/h1-2,6-7,9,16H,3-5,8H2,(H,17,18). The highest BCUT2D eigenvalue weighted by molar-refractivity contribution is 9.10. The number of pyridine rings is 1. The highest BCUT2D eigenvalue weighted by Crippen LogP contribution is 2.19. The number of fused-ring (bicyclic) bond motifs is 1. The first-order valence-electron chi connectivity index (χ1n) is 6.24. The summed E-state index contributed by atoms with van der Waals surface area (Å²) in [6.07, 6.45) is 2.03. The summed E-state index contributed by atoms with van der Waals surface area (Å²) in [7, 11) is 0. The maximum Gasteiger partial charge on any atom is 0.251 e. The van der Waals surface area contributed by atoms with Crippen LogP contribution in [0.15, 0.2) is 33.5 Å². The van der Waals surface area contributed by atoms with Crippen molar-refractivity contribution < 1.29 is 0 Å². The largest absolute Gasteiger partial charge is 0.322 e. The number of hydrogen-bond donors (Lipinski definition) is 2. The zero-order valence-electron chi connectivity index (χ0n) is 10.0. The Bertz CT molecular complexity index is 629. The van der Waals surface area contributed by atoms with Gasteiger partial charge in [-0.3, -0.25) is 4.79 Å². The van der Waals surface area contributed by atoms with Crippen LogP contribution < -0.4 is 10.9 Å². The van der Waals surface area contributed by atoms with Crippen LogP contribution >= 0.6 is 15.9 Å². The maximum atomic E-state index is 12.0. The fourth-order valence-electron chi connectivity index (χ4n) is 2.57. The average molecular weight is 307 g/mol. The molecule has 94 valence electrons. The third-order valence-electron chi connectivity index (χ3n) is 3.55. The predicted molar refractivity (Wildman–Crippen MR) is 76.9 cm³/mol. The van der Waals surface area contributed by atoms with Crippen molar-refractivity contribution in [3.63, 3.8) is 0 Å². The smallest absolute Gasteiger partial charge is 0.251 e. The molecule has 3 rings (SSSR count). The lowest BCUT2D eigenvalue weighted by atomic mass is 9.99. The lowest BCUT2D eigenvalue weighted by Gasteiger charge is -2.08. The molecular formula is C14H15BrN2O. The minimum absolute atomic E-state index is 0.0525. The van der Waals surface area contributed by atoms with Gasteiger partial charge in [-0.15, -0.1) is 0 Å². The summed E-state index contributed by atoms with van der Waals surface area (Å²) >= 11 is 3.46. The lowest BCUT2D eigenvalue weighted by Crippen LogP contribution is -2.18. The molecule has 3 nitrogen and oxygen atoms in total. The molecule has 18 heavy (non-hydrogen) atoms. The van der Waals surface area contributed by atoms with Gasteiger partial charge in [-0.05, 0) is 61.5 Å². The molecule has 1 unspecified atom stereocenters. The molecule has 4 heteroatoms. The summed E-state index contributed by atoms with van der Waals surface area (Å²) in [5.74, 6) is 0.593. The monoisotopic (exact) mass is 306 g/mol. The molecular weight excluding hydrogens is 292 g/mol. The van der Waals surface area contributed by atoms with Crippen LogP contribution in [-0.4, -0.2) is 18.1 Å². The second kappa shape index (κ2) is 4.86. The molecule has 0 radical (unpaired) electrons. The summed E-state index contributed by atoms with van der Waals surface area (Å²) < 4.78 is 1.04. The lowest BCUT2D eigenvalue weighted by molar-refractivity contribution is 0.577.